The molecule has 0 fully saturated rings. The fraction of sp³-hybridized carbons (Fsp3) is 0. The summed E-state index contributed by atoms with van der Waals surface area (Å²) in [4.78, 5) is 0. The molecule has 0 aliphatic heterocycles. The maximum atomic E-state index is 3.27. The van der Waals surface area contributed by atoms with Gasteiger partial charge in [0.2, 0.25) is 0 Å². The molecular formula is As2N2+4. The van der Waals surface area contributed by atoms with Crippen molar-refractivity contribution < 1.29 is 0 Å². The molecule has 0 saturated carbocycles. The van der Waals surface area contributed by atoms with Crippen LogP contribution in [-0.2, 0) is 0 Å². The van der Waals surface area contributed by atoms with E-state index in [-0.39, 0.29) is 0 Å². The zero-order valence-corrected chi connectivity index (χ0v) is 5.54. The quantitative estimate of drug-likeness (QED) is 0.356. The van der Waals surface area contributed by atoms with Crippen molar-refractivity contribution in [1.82, 2.24) is 0 Å². The third-order valence-corrected chi connectivity index (χ3v) is 1.08. The summed E-state index contributed by atoms with van der Waals surface area (Å²) in [5.41, 5.74) is 0. The van der Waals surface area contributed by atoms with Crippen LogP contribution in [0, 0.1) is 0 Å². The van der Waals surface area contributed by atoms with Gasteiger partial charge in [-0.05, 0) is 0 Å². The molecule has 0 aliphatic rings. The summed E-state index contributed by atoms with van der Waals surface area (Å²) in [5, 5.41) is 0. The summed E-state index contributed by atoms with van der Waals surface area (Å²) < 4.78 is 6.54. The summed E-state index contributed by atoms with van der Waals surface area (Å²) in [6.45, 7) is 0. The minimum absolute atomic E-state index is 1.98. The van der Waals surface area contributed by atoms with Crippen LogP contribution in [0.2, 0.25) is 0 Å². The summed E-state index contributed by atoms with van der Waals surface area (Å²) in [5.74, 6) is 0. The first-order chi connectivity index (χ1) is 1.91. The molecule has 0 heterocycles. The van der Waals surface area contributed by atoms with Crippen LogP contribution in [0.3, 0.4) is 0 Å². The Morgan fingerprint density at radius 1 is 1.00 bits per heavy atom. The number of rotatable bonds is 0. The van der Waals surface area contributed by atoms with E-state index in [0.29, 0.717) is 0 Å². The van der Waals surface area contributed by atoms with Crippen LogP contribution in [0.1, 0.15) is 0 Å². The first-order valence-electron chi connectivity index (χ1n) is 0.600. The van der Waals surface area contributed by atoms with Gasteiger partial charge in [0.25, 0.3) is 0 Å². The third-order valence-electron chi connectivity index (χ3n) is 0.0400. The van der Waals surface area contributed by atoms with E-state index >= 15 is 0 Å². The molecule has 0 atom stereocenters. The Bertz CT molecular complexity index is 19.2. The van der Waals surface area contributed by atoms with Gasteiger partial charge >= 0.3 is 42.2 Å². The van der Waals surface area contributed by atoms with Crippen LogP contribution in [-0.4, -0.2) is 34.2 Å². The van der Waals surface area contributed by atoms with E-state index in [0.717, 1.165) is 0 Å². The average Bonchev–Trinajstić information content (AvgIpc) is 1.37. The van der Waals surface area contributed by atoms with E-state index in [4.69, 9.17) is 0 Å². The zero-order chi connectivity index (χ0) is 3.41. The van der Waals surface area contributed by atoms with Gasteiger partial charge in [-0.2, -0.15) is 0 Å². The molecule has 0 aromatic carbocycles. The van der Waals surface area contributed by atoms with E-state index in [1.165, 1.54) is 0 Å². The van der Waals surface area contributed by atoms with Gasteiger partial charge in [-0.1, -0.05) is 0 Å². The molecule has 0 spiro atoms. The molecule has 0 bridgehead atoms. The van der Waals surface area contributed by atoms with Crippen molar-refractivity contribution in [2.45, 2.75) is 0 Å². The van der Waals surface area contributed by atoms with Crippen molar-refractivity contribution in [2.24, 2.45) is 8.06 Å². The number of hydrogen-bond acceptors (Lipinski definition) is 2. The van der Waals surface area contributed by atoms with E-state index < -0.39 is 0 Å². The van der Waals surface area contributed by atoms with Gasteiger partial charge in [-0.3, -0.25) is 0 Å². The van der Waals surface area contributed by atoms with Crippen molar-refractivity contribution in [1.29, 1.82) is 0 Å². The minimum atomic E-state index is 1.98. The van der Waals surface area contributed by atoms with E-state index in [2.05, 4.69) is 8.06 Å². The Morgan fingerprint density at radius 3 is 1.25 bits per heavy atom. The van der Waals surface area contributed by atoms with Crippen LogP contribution < -0.4 is 0 Å². The molecule has 0 aliphatic carbocycles. The molecule has 0 aromatic heterocycles. The van der Waals surface area contributed by atoms with Gasteiger partial charge in [-0.25, -0.2) is 0 Å². The van der Waals surface area contributed by atoms with Crippen LogP contribution in [0.4, 0.5) is 0 Å². The summed E-state index contributed by atoms with van der Waals surface area (Å²) in [7, 11) is 0. The molecule has 0 amide bonds. The average molecular weight is 178 g/mol. The molecule has 0 unspecified atom stereocenters. The molecule has 16 valence electrons. The predicted molar refractivity (Wildman–Crippen MR) is 16.4 cm³/mol. The molecule has 0 rings (SSSR count). The monoisotopic (exact) mass is 178 g/mol. The summed E-state index contributed by atoms with van der Waals surface area (Å²) >= 11 is 3.96. The topological polar surface area (TPSA) is 24.7 Å². The van der Waals surface area contributed by atoms with Crippen molar-refractivity contribution in [3.05, 3.63) is 0 Å². The van der Waals surface area contributed by atoms with Gasteiger partial charge in [0, 0.05) is 0 Å². The molecule has 0 N–H and O–H groups in total. The van der Waals surface area contributed by atoms with E-state index in [9.17, 15) is 0 Å². The Balaban J connectivity index is 2.55. The SMILES string of the molecule is [As+2]N=N[As+2]. The standard InChI is InChI=1S/As2N2/c1-3-4-2/q+4. The summed E-state index contributed by atoms with van der Waals surface area (Å²) in [6.07, 6.45) is 0. The molecule has 0 aromatic rings. The van der Waals surface area contributed by atoms with Gasteiger partial charge in [0.15, 0.2) is 0 Å². The summed E-state index contributed by atoms with van der Waals surface area (Å²) in [6, 6.07) is 0. The van der Waals surface area contributed by atoms with Crippen LogP contribution >= 0.6 is 0 Å². The fourth-order valence-electron chi connectivity index (χ4n) is 0. The van der Waals surface area contributed by atoms with Crippen LogP contribution in [0.25, 0.3) is 0 Å². The van der Waals surface area contributed by atoms with Crippen LogP contribution in [0.5, 0.6) is 0 Å². The molecule has 2 nitrogen and oxygen atoms in total. The molecule has 4 radical (unpaired) electrons. The Hall–Kier alpha value is 0.717. The predicted octanol–water partition coefficient (Wildman–Crippen LogP) is -0.394. The van der Waals surface area contributed by atoms with Gasteiger partial charge in [0.05, 0.1) is 0 Å². The van der Waals surface area contributed by atoms with Crippen molar-refractivity contribution >= 4 is 34.2 Å². The fourth-order valence-corrected chi connectivity index (χ4v) is 0. The molecular weight excluding hydrogens is 178 g/mol. The molecule has 4 heavy (non-hydrogen) atoms. The van der Waals surface area contributed by atoms with E-state index in [1.807, 2.05) is 34.2 Å². The first-order valence-corrected chi connectivity index (χ1v) is 2.28. The Labute approximate surface area is 42.5 Å². The second-order valence-corrected chi connectivity index (χ2v) is 0.930. The normalized spacial score (nSPS) is 9.00. The second kappa shape index (κ2) is 3.72. The van der Waals surface area contributed by atoms with Gasteiger partial charge in [0.1, 0.15) is 0 Å². The second-order valence-electron chi connectivity index (χ2n) is 0.179. The van der Waals surface area contributed by atoms with Crippen molar-refractivity contribution in [3.8, 4) is 0 Å². The Kier molecular flexibility index (Phi) is 4.38. The number of nitrogens with zero attached hydrogens (tertiary/aromatic N) is 2. The third kappa shape index (κ3) is 2.72. The molecule has 4 heteroatoms. The first kappa shape index (κ1) is 4.72. The maximum absolute atomic E-state index is 3.27. The van der Waals surface area contributed by atoms with Gasteiger partial charge < -0.3 is 0 Å². The van der Waals surface area contributed by atoms with E-state index in [1.54, 1.807) is 0 Å². The number of hydrogen-bond donors (Lipinski definition) is 0. The van der Waals surface area contributed by atoms with Crippen LogP contribution in [0.15, 0.2) is 8.06 Å². The van der Waals surface area contributed by atoms with Crippen molar-refractivity contribution in [3.63, 3.8) is 0 Å². The Morgan fingerprint density at radius 2 is 1.25 bits per heavy atom. The zero-order valence-electron chi connectivity index (χ0n) is 1.79. The van der Waals surface area contributed by atoms with Crippen molar-refractivity contribution in [2.75, 3.05) is 0 Å². The molecule has 0 saturated heterocycles. The van der Waals surface area contributed by atoms with Gasteiger partial charge in [-0.15, -0.1) is 0 Å².